The zero-order chi connectivity index (χ0) is 9.26. The topological polar surface area (TPSA) is 38.8 Å². The molecule has 1 radical (unpaired) electrons. The third-order valence-corrected chi connectivity index (χ3v) is 2.39. The van der Waals surface area contributed by atoms with Gasteiger partial charge in [-0.05, 0) is 35.3 Å². The van der Waals surface area contributed by atoms with E-state index in [1.54, 1.807) is 0 Å². The summed E-state index contributed by atoms with van der Waals surface area (Å²) in [4.78, 5) is 0. The predicted molar refractivity (Wildman–Crippen MR) is 51.5 cm³/mol. The fraction of sp³-hybridized carbons (Fsp3) is 0.400. The molecule has 0 saturated heterocycles. The molecule has 0 unspecified atom stereocenters. The second-order valence-corrected chi connectivity index (χ2v) is 3.07. The van der Waals surface area contributed by atoms with Gasteiger partial charge in [0, 0.05) is 0 Å². The van der Waals surface area contributed by atoms with Gasteiger partial charge in [-0.3, -0.25) is 0 Å². The lowest BCUT2D eigenvalue weighted by Crippen LogP contribution is -1.92. The van der Waals surface area contributed by atoms with Crippen molar-refractivity contribution in [2.24, 2.45) is 10.3 Å². The van der Waals surface area contributed by atoms with Gasteiger partial charge in [-0.25, -0.2) is 0 Å². The van der Waals surface area contributed by atoms with Crippen LogP contribution in [-0.4, -0.2) is 0 Å². The maximum atomic E-state index is 4.04. The van der Waals surface area contributed by atoms with Gasteiger partial charge in [-0.15, -0.1) is 10.5 Å². The lowest BCUT2D eigenvalue weighted by molar-refractivity contribution is 0.923. The van der Waals surface area contributed by atoms with E-state index in [1.807, 2.05) is 6.07 Å². The number of nitrogens with zero attached hydrogens (tertiary/aromatic N) is 3. The molecule has 0 bridgehead atoms. The van der Waals surface area contributed by atoms with Crippen molar-refractivity contribution in [3.63, 3.8) is 0 Å². The van der Waals surface area contributed by atoms with Gasteiger partial charge in [0.25, 0.3) is 0 Å². The number of benzene rings is 1. The number of hydrogen-bond acceptors (Lipinski definition) is 2. The lowest BCUT2D eigenvalue weighted by atomic mass is 10.00. The predicted octanol–water partition coefficient (Wildman–Crippen LogP) is 3.06. The van der Waals surface area contributed by atoms with Crippen LogP contribution in [0.5, 0.6) is 0 Å². The molecular weight excluding hydrogens is 162 g/mol. The summed E-state index contributed by atoms with van der Waals surface area (Å²) in [5.74, 6) is 0. The zero-order valence-corrected chi connectivity index (χ0v) is 7.91. The molecule has 3 heteroatoms. The van der Waals surface area contributed by atoms with Gasteiger partial charge in [-0.2, -0.15) is 0 Å². The van der Waals surface area contributed by atoms with Crippen LogP contribution in [0.3, 0.4) is 0 Å². The van der Waals surface area contributed by atoms with Gasteiger partial charge >= 0.3 is 0 Å². The largest absolute Gasteiger partial charge is 0.128 e. The Balaban J connectivity index is 2.58. The summed E-state index contributed by atoms with van der Waals surface area (Å²) >= 11 is 0. The van der Waals surface area contributed by atoms with Crippen LogP contribution in [-0.2, 0) is 12.8 Å². The van der Waals surface area contributed by atoms with E-state index in [1.165, 1.54) is 11.1 Å². The first-order valence-electron chi connectivity index (χ1n) is 4.63. The maximum absolute atomic E-state index is 4.04. The van der Waals surface area contributed by atoms with Crippen LogP contribution in [0.25, 0.3) is 0 Å². The van der Waals surface area contributed by atoms with Crippen LogP contribution in [0.1, 0.15) is 25.0 Å². The summed E-state index contributed by atoms with van der Waals surface area (Å²) in [7, 11) is 0. The second-order valence-electron chi connectivity index (χ2n) is 3.07. The fourth-order valence-corrected chi connectivity index (χ4v) is 1.70. The van der Waals surface area contributed by atoms with E-state index in [0.717, 1.165) is 24.2 Å². The molecule has 1 aliphatic rings. The molecule has 1 aliphatic heterocycles. The molecular formula is C10H12N3. The van der Waals surface area contributed by atoms with E-state index >= 15 is 0 Å². The molecule has 0 aliphatic carbocycles. The number of hydrogen-bond donors (Lipinski definition) is 0. The first kappa shape index (κ1) is 8.23. The minimum Gasteiger partial charge on any atom is -0.128 e. The quantitative estimate of drug-likeness (QED) is 0.661. The first-order valence-corrected chi connectivity index (χ1v) is 4.63. The van der Waals surface area contributed by atoms with E-state index in [0.29, 0.717) is 0 Å². The van der Waals surface area contributed by atoms with Gasteiger partial charge in [0.05, 0.1) is 0 Å². The summed E-state index contributed by atoms with van der Waals surface area (Å²) in [6, 6.07) is 4.12. The Morgan fingerprint density at radius 3 is 2.69 bits per heavy atom. The van der Waals surface area contributed by atoms with Crippen molar-refractivity contribution in [1.29, 1.82) is 0 Å². The molecule has 0 N–H and O–H groups in total. The SMILES string of the molecule is CCc1ccc2c(c1CC)N=N[N]2. The second kappa shape index (κ2) is 3.17. The van der Waals surface area contributed by atoms with E-state index in [9.17, 15) is 0 Å². The molecule has 1 aromatic rings. The number of rotatable bonds is 2. The summed E-state index contributed by atoms with van der Waals surface area (Å²) in [6.45, 7) is 4.30. The van der Waals surface area contributed by atoms with E-state index < -0.39 is 0 Å². The third-order valence-electron chi connectivity index (χ3n) is 2.39. The normalized spacial score (nSPS) is 12.8. The molecule has 13 heavy (non-hydrogen) atoms. The zero-order valence-electron chi connectivity index (χ0n) is 7.91. The van der Waals surface area contributed by atoms with Crippen LogP contribution in [0.15, 0.2) is 22.5 Å². The van der Waals surface area contributed by atoms with Crippen molar-refractivity contribution >= 4 is 11.4 Å². The van der Waals surface area contributed by atoms with Crippen LogP contribution < -0.4 is 5.43 Å². The van der Waals surface area contributed by atoms with Crippen LogP contribution >= 0.6 is 0 Å². The van der Waals surface area contributed by atoms with Crippen molar-refractivity contribution in [2.75, 3.05) is 0 Å². The van der Waals surface area contributed by atoms with Gasteiger partial charge in [0.15, 0.2) is 0 Å². The van der Waals surface area contributed by atoms with E-state index in [2.05, 4.69) is 35.7 Å². The highest BCUT2D eigenvalue weighted by Gasteiger charge is 2.15. The Labute approximate surface area is 77.9 Å². The average Bonchev–Trinajstić information content (AvgIpc) is 2.63. The highest BCUT2D eigenvalue weighted by Crippen LogP contribution is 2.36. The summed E-state index contributed by atoms with van der Waals surface area (Å²) in [6.07, 6.45) is 2.05. The molecule has 3 nitrogen and oxygen atoms in total. The molecule has 1 aromatic carbocycles. The first-order chi connectivity index (χ1) is 6.36. The standard InChI is InChI=1S/C10H12N3/c1-3-7-5-6-9-10(8(7)4-2)12-13-11-9/h5-6H,3-4H2,1-2H3. The summed E-state index contributed by atoms with van der Waals surface area (Å²) < 4.78 is 0. The van der Waals surface area contributed by atoms with Crippen molar-refractivity contribution < 1.29 is 0 Å². The molecule has 0 saturated carbocycles. The minimum atomic E-state index is 0.911. The smallest absolute Gasteiger partial charge is 0.118 e. The van der Waals surface area contributed by atoms with Crippen molar-refractivity contribution in [1.82, 2.24) is 5.43 Å². The van der Waals surface area contributed by atoms with Crippen LogP contribution in [0.4, 0.5) is 11.4 Å². The highest BCUT2D eigenvalue weighted by atomic mass is 15.5. The Bertz CT molecular complexity index is 355. The van der Waals surface area contributed by atoms with E-state index in [-0.39, 0.29) is 0 Å². The maximum Gasteiger partial charge on any atom is 0.118 e. The summed E-state index contributed by atoms with van der Waals surface area (Å²) in [5, 5.41) is 7.72. The highest BCUT2D eigenvalue weighted by molar-refractivity contribution is 5.68. The molecule has 0 fully saturated rings. The molecule has 0 amide bonds. The Morgan fingerprint density at radius 1 is 1.15 bits per heavy atom. The van der Waals surface area contributed by atoms with Gasteiger partial charge < -0.3 is 0 Å². The molecule has 0 aromatic heterocycles. The molecule has 0 spiro atoms. The molecule has 0 atom stereocenters. The van der Waals surface area contributed by atoms with Crippen molar-refractivity contribution in [3.05, 3.63) is 23.3 Å². The van der Waals surface area contributed by atoms with Gasteiger partial charge in [0.1, 0.15) is 11.4 Å². The molecule has 1 heterocycles. The Kier molecular flexibility index (Phi) is 2.00. The molecule has 2 rings (SSSR count). The van der Waals surface area contributed by atoms with Crippen molar-refractivity contribution in [2.45, 2.75) is 26.7 Å². The van der Waals surface area contributed by atoms with Crippen LogP contribution in [0.2, 0.25) is 0 Å². The minimum absolute atomic E-state index is 0.911. The van der Waals surface area contributed by atoms with Crippen molar-refractivity contribution in [3.8, 4) is 0 Å². The Hall–Kier alpha value is -1.38. The Morgan fingerprint density at radius 2 is 2.00 bits per heavy atom. The van der Waals surface area contributed by atoms with Gasteiger partial charge in [-0.1, -0.05) is 19.9 Å². The number of aryl methyl sites for hydroxylation is 1. The number of fused-ring (bicyclic) bond motifs is 1. The monoisotopic (exact) mass is 174 g/mol. The van der Waals surface area contributed by atoms with Crippen LogP contribution in [0, 0.1) is 0 Å². The summed E-state index contributed by atoms with van der Waals surface area (Å²) in [5.41, 5.74) is 8.48. The van der Waals surface area contributed by atoms with E-state index in [4.69, 9.17) is 0 Å². The molecule has 67 valence electrons. The average molecular weight is 174 g/mol. The third kappa shape index (κ3) is 1.20. The van der Waals surface area contributed by atoms with Gasteiger partial charge in [0.2, 0.25) is 0 Å². The fourth-order valence-electron chi connectivity index (χ4n) is 1.70. The lowest BCUT2D eigenvalue weighted by Gasteiger charge is -2.07.